The maximum atomic E-state index is 12.5. The Morgan fingerprint density at radius 3 is 2.19 bits per heavy atom. The minimum atomic E-state index is -4.70. The second kappa shape index (κ2) is 8.90. The molecule has 7 heteroatoms. The SMILES string of the molecule is CC(c1ccccc1)N(C)C(=O)CN(C)Cc1ccc(OC(F)(F)F)cc1. The summed E-state index contributed by atoms with van der Waals surface area (Å²) >= 11 is 0. The first-order chi connectivity index (χ1) is 12.7. The van der Waals surface area contributed by atoms with Crippen LogP contribution in [-0.2, 0) is 11.3 Å². The summed E-state index contributed by atoms with van der Waals surface area (Å²) in [7, 11) is 3.55. The lowest BCUT2D eigenvalue weighted by atomic mass is 10.1. The summed E-state index contributed by atoms with van der Waals surface area (Å²) in [6.07, 6.45) is -4.70. The summed E-state index contributed by atoms with van der Waals surface area (Å²) in [5, 5.41) is 0. The molecule has 0 aliphatic rings. The zero-order valence-corrected chi connectivity index (χ0v) is 15.5. The Balaban J connectivity index is 1.89. The van der Waals surface area contributed by atoms with Gasteiger partial charge in [0.25, 0.3) is 0 Å². The minimum Gasteiger partial charge on any atom is -0.406 e. The van der Waals surface area contributed by atoms with Crippen LogP contribution in [0.15, 0.2) is 54.6 Å². The van der Waals surface area contributed by atoms with E-state index in [0.29, 0.717) is 6.54 Å². The Bertz CT molecular complexity index is 733. The zero-order chi connectivity index (χ0) is 20.0. The molecule has 0 fully saturated rings. The average Bonchev–Trinajstić information content (AvgIpc) is 2.61. The number of alkyl halides is 3. The summed E-state index contributed by atoms with van der Waals surface area (Å²) in [4.78, 5) is 16.0. The molecule has 1 amide bonds. The molecule has 0 aliphatic carbocycles. The van der Waals surface area contributed by atoms with Gasteiger partial charge in [-0.05, 0) is 37.2 Å². The number of rotatable bonds is 7. The van der Waals surface area contributed by atoms with E-state index < -0.39 is 6.36 Å². The predicted molar refractivity (Wildman–Crippen MR) is 97.1 cm³/mol. The number of hydrogen-bond acceptors (Lipinski definition) is 3. The van der Waals surface area contributed by atoms with E-state index in [0.717, 1.165) is 11.1 Å². The summed E-state index contributed by atoms with van der Waals surface area (Å²) in [6.45, 7) is 2.60. The van der Waals surface area contributed by atoms with Crippen LogP contribution in [0.4, 0.5) is 13.2 Å². The first-order valence-corrected chi connectivity index (χ1v) is 8.49. The third-order valence-corrected chi connectivity index (χ3v) is 4.27. The molecule has 0 spiro atoms. The van der Waals surface area contributed by atoms with E-state index in [4.69, 9.17) is 0 Å². The average molecular weight is 380 g/mol. The van der Waals surface area contributed by atoms with Gasteiger partial charge in [-0.2, -0.15) is 0 Å². The van der Waals surface area contributed by atoms with Gasteiger partial charge < -0.3 is 9.64 Å². The first kappa shape index (κ1) is 20.8. The van der Waals surface area contributed by atoms with Crippen LogP contribution in [-0.4, -0.2) is 42.7 Å². The normalized spacial score (nSPS) is 12.7. The minimum absolute atomic E-state index is 0.0362. The molecule has 0 heterocycles. The summed E-state index contributed by atoms with van der Waals surface area (Å²) < 4.78 is 40.4. The molecule has 1 atom stereocenters. The molecule has 2 rings (SSSR count). The van der Waals surface area contributed by atoms with Crippen LogP contribution in [0.1, 0.15) is 24.1 Å². The van der Waals surface area contributed by atoms with Crippen molar-refractivity contribution >= 4 is 5.91 Å². The molecule has 0 radical (unpaired) electrons. The highest BCUT2D eigenvalue weighted by atomic mass is 19.4. The van der Waals surface area contributed by atoms with Gasteiger partial charge in [-0.25, -0.2) is 0 Å². The molecule has 0 aliphatic heterocycles. The lowest BCUT2D eigenvalue weighted by molar-refractivity contribution is -0.274. The maximum Gasteiger partial charge on any atom is 0.573 e. The van der Waals surface area contributed by atoms with E-state index >= 15 is 0 Å². The van der Waals surface area contributed by atoms with Gasteiger partial charge in [0, 0.05) is 13.6 Å². The number of benzene rings is 2. The van der Waals surface area contributed by atoms with Gasteiger partial charge >= 0.3 is 6.36 Å². The number of carbonyl (C=O) groups excluding carboxylic acids is 1. The molecule has 1 unspecified atom stereocenters. The van der Waals surface area contributed by atoms with E-state index in [-0.39, 0.29) is 24.2 Å². The van der Waals surface area contributed by atoms with E-state index in [9.17, 15) is 18.0 Å². The number of hydrogen-bond donors (Lipinski definition) is 0. The fraction of sp³-hybridized carbons (Fsp3) is 0.350. The van der Waals surface area contributed by atoms with Crippen LogP contribution in [0.3, 0.4) is 0 Å². The molecule has 0 saturated carbocycles. The lowest BCUT2D eigenvalue weighted by Crippen LogP contribution is -2.37. The molecule has 146 valence electrons. The monoisotopic (exact) mass is 380 g/mol. The zero-order valence-electron chi connectivity index (χ0n) is 15.5. The van der Waals surface area contributed by atoms with Crippen molar-refractivity contribution in [1.82, 2.24) is 9.80 Å². The van der Waals surface area contributed by atoms with Crippen molar-refractivity contribution in [2.45, 2.75) is 25.9 Å². The predicted octanol–water partition coefficient (Wildman–Crippen LogP) is 4.24. The largest absolute Gasteiger partial charge is 0.573 e. The lowest BCUT2D eigenvalue weighted by Gasteiger charge is -2.27. The smallest absolute Gasteiger partial charge is 0.406 e. The topological polar surface area (TPSA) is 32.8 Å². The van der Waals surface area contributed by atoms with E-state index in [2.05, 4.69) is 4.74 Å². The number of amides is 1. The molecule has 0 N–H and O–H groups in total. The van der Waals surface area contributed by atoms with Crippen LogP contribution in [0.5, 0.6) is 5.75 Å². The highest BCUT2D eigenvalue weighted by Crippen LogP contribution is 2.23. The fourth-order valence-electron chi connectivity index (χ4n) is 2.68. The Morgan fingerprint density at radius 1 is 1.04 bits per heavy atom. The first-order valence-electron chi connectivity index (χ1n) is 8.49. The van der Waals surface area contributed by atoms with Crippen LogP contribution < -0.4 is 4.74 Å². The fourth-order valence-corrected chi connectivity index (χ4v) is 2.68. The van der Waals surface area contributed by atoms with Gasteiger partial charge in [0.2, 0.25) is 5.91 Å². The van der Waals surface area contributed by atoms with E-state index in [1.807, 2.05) is 42.2 Å². The van der Waals surface area contributed by atoms with Gasteiger partial charge in [0.15, 0.2) is 0 Å². The third-order valence-electron chi connectivity index (χ3n) is 4.27. The van der Waals surface area contributed by atoms with Crippen molar-refractivity contribution in [3.05, 3.63) is 65.7 Å². The molecule has 4 nitrogen and oxygen atoms in total. The van der Waals surface area contributed by atoms with Gasteiger partial charge in [0.05, 0.1) is 12.6 Å². The Hall–Kier alpha value is -2.54. The molecule has 27 heavy (non-hydrogen) atoms. The second-order valence-electron chi connectivity index (χ2n) is 6.46. The summed E-state index contributed by atoms with van der Waals surface area (Å²) in [6, 6.07) is 15.3. The number of halogens is 3. The molecular formula is C20H23F3N2O2. The highest BCUT2D eigenvalue weighted by Gasteiger charge is 2.31. The molecule has 2 aromatic rings. The van der Waals surface area contributed by atoms with Gasteiger partial charge in [-0.1, -0.05) is 42.5 Å². The second-order valence-corrected chi connectivity index (χ2v) is 6.46. The van der Waals surface area contributed by atoms with Crippen molar-refractivity contribution < 1.29 is 22.7 Å². The standard InChI is InChI=1S/C20H23F3N2O2/c1-15(17-7-5-4-6-8-17)25(3)19(26)14-24(2)13-16-9-11-18(12-10-16)27-20(21,22)23/h4-12,15H,13-14H2,1-3H3. The summed E-state index contributed by atoms with van der Waals surface area (Å²) in [5.41, 5.74) is 1.84. The summed E-state index contributed by atoms with van der Waals surface area (Å²) in [5.74, 6) is -0.299. The van der Waals surface area contributed by atoms with Crippen molar-refractivity contribution in [1.29, 1.82) is 0 Å². The van der Waals surface area contributed by atoms with E-state index in [1.165, 1.54) is 12.1 Å². The molecule has 0 saturated heterocycles. The molecule has 2 aromatic carbocycles. The Morgan fingerprint density at radius 2 is 1.63 bits per heavy atom. The van der Waals surface area contributed by atoms with Crippen LogP contribution >= 0.6 is 0 Å². The van der Waals surface area contributed by atoms with Crippen molar-refractivity contribution in [2.75, 3.05) is 20.6 Å². The molecule has 0 aromatic heterocycles. The number of ether oxygens (including phenoxy) is 1. The van der Waals surface area contributed by atoms with Crippen LogP contribution in [0.25, 0.3) is 0 Å². The van der Waals surface area contributed by atoms with E-state index in [1.54, 1.807) is 31.1 Å². The highest BCUT2D eigenvalue weighted by molar-refractivity contribution is 5.78. The van der Waals surface area contributed by atoms with Crippen molar-refractivity contribution in [3.63, 3.8) is 0 Å². The molecule has 0 bridgehead atoms. The van der Waals surface area contributed by atoms with Gasteiger partial charge in [-0.15, -0.1) is 13.2 Å². The van der Waals surface area contributed by atoms with Gasteiger partial charge in [-0.3, -0.25) is 9.69 Å². The van der Waals surface area contributed by atoms with Crippen molar-refractivity contribution in [3.8, 4) is 5.75 Å². The maximum absolute atomic E-state index is 12.5. The van der Waals surface area contributed by atoms with Gasteiger partial charge in [0.1, 0.15) is 5.75 Å². The Labute approximate surface area is 157 Å². The third kappa shape index (κ3) is 6.60. The molecular weight excluding hydrogens is 357 g/mol. The number of carbonyl (C=O) groups is 1. The number of nitrogens with zero attached hydrogens (tertiary/aromatic N) is 2. The quantitative estimate of drug-likeness (QED) is 0.720. The van der Waals surface area contributed by atoms with Crippen LogP contribution in [0.2, 0.25) is 0 Å². The number of likely N-dealkylation sites (N-methyl/N-ethyl adjacent to an activating group) is 2. The van der Waals surface area contributed by atoms with Crippen molar-refractivity contribution in [2.24, 2.45) is 0 Å². The van der Waals surface area contributed by atoms with Crippen LogP contribution in [0, 0.1) is 0 Å². The Kier molecular flexibility index (Phi) is 6.85.